The average molecular weight is 580 g/mol. The summed E-state index contributed by atoms with van der Waals surface area (Å²) in [5, 5.41) is 13.3. The summed E-state index contributed by atoms with van der Waals surface area (Å²) >= 11 is 1.50. The van der Waals surface area contributed by atoms with Gasteiger partial charge in [0.1, 0.15) is 16.4 Å². The summed E-state index contributed by atoms with van der Waals surface area (Å²) in [6.07, 6.45) is 9.64. The van der Waals surface area contributed by atoms with Crippen LogP contribution in [0.1, 0.15) is 50.1 Å². The molecule has 1 aliphatic heterocycles. The Morgan fingerprint density at radius 1 is 1.15 bits per heavy atom. The van der Waals surface area contributed by atoms with Crippen LogP contribution in [0.3, 0.4) is 0 Å². The zero-order chi connectivity index (χ0) is 27.9. The fraction of sp³-hybridized carbons (Fsp3) is 0.467. The van der Waals surface area contributed by atoms with Crippen LogP contribution >= 0.6 is 11.3 Å². The van der Waals surface area contributed by atoms with Crippen molar-refractivity contribution in [3.63, 3.8) is 0 Å². The minimum Gasteiger partial charge on any atom is -0.370 e. The highest BCUT2D eigenvalue weighted by atomic mass is 32.2. The van der Waals surface area contributed by atoms with Gasteiger partial charge in [-0.25, -0.2) is 9.37 Å². The third kappa shape index (κ3) is 5.54. The summed E-state index contributed by atoms with van der Waals surface area (Å²) in [5.41, 5.74) is 2.88. The molecule has 3 fully saturated rings. The van der Waals surface area contributed by atoms with Crippen molar-refractivity contribution in [3.05, 3.63) is 54.2 Å². The number of halogens is 1. The van der Waals surface area contributed by atoms with E-state index in [1.54, 1.807) is 6.20 Å². The summed E-state index contributed by atoms with van der Waals surface area (Å²) < 4.78 is 26.5. The first-order valence-corrected chi connectivity index (χ1v) is 17.4. The third-order valence-electron chi connectivity index (χ3n) is 8.57. The molecule has 40 heavy (non-hydrogen) atoms. The van der Waals surface area contributed by atoms with Crippen LogP contribution in [0.2, 0.25) is 0 Å². The highest BCUT2D eigenvalue weighted by Crippen LogP contribution is 2.46. The highest BCUT2D eigenvalue weighted by molar-refractivity contribution is 8.02. The van der Waals surface area contributed by atoms with Crippen LogP contribution in [-0.4, -0.2) is 56.5 Å². The third-order valence-corrected chi connectivity index (χ3v) is 12.0. The lowest BCUT2D eigenvalue weighted by atomic mass is 9.76. The lowest BCUT2D eigenvalue weighted by Gasteiger charge is -2.34. The predicted molar refractivity (Wildman–Crippen MR) is 159 cm³/mol. The number of benzene rings is 1. The fourth-order valence-corrected chi connectivity index (χ4v) is 8.58. The zero-order valence-corrected chi connectivity index (χ0v) is 24.3. The van der Waals surface area contributed by atoms with E-state index in [0.29, 0.717) is 23.4 Å². The van der Waals surface area contributed by atoms with Gasteiger partial charge in [0, 0.05) is 53.9 Å². The lowest BCUT2D eigenvalue weighted by Crippen LogP contribution is -2.43. The van der Waals surface area contributed by atoms with E-state index in [1.165, 1.54) is 23.6 Å². The van der Waals surface area contributed by atoms with E-state index in [0.717, 1.165) is 72.1 Å². The first kappa shape index (κ1) is 27.0. The Labute approximate surface area is 239 Å². The van der Waals surface area contributed by atoms with Gasteiger partial charge in [0.05, 0.1) is 22.8 Å². The fourth-order valence-electron chi connectivity index (χ4n) is 5.90. The molecule has 7 nitrogen and oxygen atoms in total. The molecule has 2 atom stereocenters. The Bertz CT molecular complexity index is 1500. The maximum atomic E-state index is 14.1. The Morgan fingerprint density at radius 3 is 2.55 bits per heavy atom. The van der Waals surface area contributed by atoms with Crippen molar-refractivity contribution in [1.29, 1.82) is 5.26 Å². The molecule has 2 aliphatic carbocycles. The summed E-state index contributed by atoms with van der Waals surface area (Å²) in [7, 11) is -2.01. The van der Waals surface area contributed by atoms with Gasteiger partial charge >= 0.3 is 0 Å². The first-order chi connectivity index (χ1) is 19.3. The van der Waals surface area contributed by atoms with Crippen molar-refractivity contribution in [2.75, 3.05) is 35.8 Å². The van der Waals surface area contributed by atoms with E-state index < -0.39 is 21.3 Å². The average Bonchev–Trinajstić information content (AvgIpc) is 3.59. The number of rotatable bonds is 6. The van der Waals surface area contributed by atoms with Gasteiger partial charge in [-0.2, -0.15) is 5.26 Å². The highest BCUT2D eigenvalue weighted by Gasteiger charge is 2.47. The molecule has 0 radical (unpaired) electrons. The molecule has 2 aromatic heterocycles. The number of hydrogen-bond acceptors (Lipinski definition) is 7. The van der Waals surface area contributed by atoms with E-state index in [2.05, 4.69) is 45.5 Å². The second-order valence-corrected chi connectivity index (χ2v) is 16.1. The molecule has 6 rings (SSSR count). The van der Waals surface area contributed by atoms with Crippen molar-refractivity contribution in [2.24, 2.45) is 5.92 Å². The van der Waals surface area contributed by atoms with Crippen LogP contribution in [0.5, 0.6) is 0 Å². The minimum atomic E-state index is -2.01. The number of pyridine rings is 1. The van der Waals surface area contributed by atoms with Gasteiger partial charge < -0.3 is 10.2 Å². The van der Waals surface area contributed by atoms with Gasteiger partial charge in [-0.15, -0.1) is 21.3 Å². The molecule has 10 heteroatoms. The number of hydrogen-bond donors (Lipinski definition) is 2. The van der Waals surface area contributed by atoms with Crippen LogP contribution in [0.15, 0.2) is 42.7 Å². The summed E-state index contributed by atoms with van der Waals surface area (Å²) in [5.74, 6) is 0.625. The van der Waals surface area contributed by atoms with Crippen molar-refractivity contribution < 1.29 is 13.4 Å². The molecular formula is C30H34FN5O2S2. The number of nitrogens with one attached hydrogen (secondary N) is 1. The van der Waals surface area contributed by atoms with Crippen molar-refractivity contribution in [3.8, 4) is 27.1 Å². The number of carbonyl (C=O) groups is 1. The largest absolute Gasteiger partial charge is 0.370 e. The lowest BCUT2D eigenvalue weighted by molar-refractivity contribution is -0.127. The number of carbonyl (C=O) groups excluding carboxylic acids is 1. The Morgan fingerprint density at radius 2 is 1.88 bits per heavy atom. The topological polar surface area (TPSA) is 99.0 Å². The molecule has 2 saturated carbocycles. The second-order valence-electron chi connectivity index (χ2n) is 11.6. The Balaban J connectivity index is 1.35. The van der Waals surface area contributed by atoms with E-state index in [4.69, 9.17) is 4.98 Å². The maximum absolute atomic E-state index is 14.1. The van der Waals surface area contributed by atoms with E-state index in [9.17, 15) is 18.7 Å². The second kappa shape index (κ2) is 10.7. The van der Waals surface area contributed by atoms with Gasteiger partial charge in [0.25, 0.3) is 0 Å². The number of amides is 1. The number of aromatic nitrogens is 2. The van der Waals surface area contributed by atoms with Crippen molar-refractivity contribution in [1.82, 2.24) is 15.3 Å². The van der Waals surface area contributed by atoms with Crippen LogP contribution < -0.4 is 10.2 Å². The quantitative estimate of drug-likeness (QED) is 0.402. The maximum Gasteiger partial charge on any atom is 0.225 e. The standard InChI is InChI=1S/C30H34FN5O2S2/c1-40(38)14-12-36(13-15-40)23-8-6-20(7-9-23)27-26(34-29(39-27)21-16-22(31)18-33-17-21)24-4-2-3-5-25(24)28(37)35-30(19-32)10-11-30/h6-9,16-18,24-25,40H,2-5,10-15H2,1H3,(H,35,37)/t24-,25-/m1/s1. The van der Waals surface area contributed by atoms with Gasteiger partial charge in [0.2, 0.25) is 5.91 Å². The van der Waals surface area contributed by atoms with Crippen LogP contribution in [0.25, 0.3) is 21.0 Å². The molecule has 1 saturated heterocycles. The molecule has 210 valence electrons. The monoisotopic (exact) mass is 579 g/mol. The number of thiol groups is 1. The van der Waals surface area contributed by atoms with E-state index in [1.807, 2.05) is 6.26 Å². The normalized spacial score (nSPS) is 24.1. The molecule has 0 spiro atoms. The first-order valence-electron chi connectivity index (χ1n) is 14.0. The molecule has 1 amide bonds. The molecule has 0 bridgehead atoms. The smallest absolute Gasteiger partial charge is 0.225 e. The molecule has 3 aromatic rings. The van der Waals surface area contributed by atoms with E-state index >= 15 is 0 Å². The molecule has 3 aliphatic rings. The van der Waals surface area contributed by atoms with Crippen LogP contribution in [-0.2, 0) is 14.7 Å². The van der Waals surface area contributed by atoms with Gasteiger partial charge in [-0.1, -0.05) is 25.0 Å². The van der Waals surface area contributed by atoms with Gasteiger partial charge in [-0.3, -0.25) is 14.0 Å². The number of nitriles is 1. The number of thiazole rings is 1. The summed E-state index contributed by atoms with van der Waals surface area (Å²) in [6.45, 7) is 1.58. The van der Waals surface area contributed by atoms with Crippen LogP contribution in [0, 0.1) is 23.1 Å². The Kier molecular flexibility index (Phi) is 7.21. The minimum absolute atomic E-state index is 0.0645. The summed E-state index contributed by atoms with van der Waals surface area (Å²) in [6, 6.07) is 12.1. The summed E-state index contributed by atoms with van der Waals surface area (Å²) in [4.78, 5) is 25.8. The zero-order valence-electron chi connectivity index (χ0n) is 22.6. The molecular weight excluding hydrogens is 545 g/mol. The van der Waals surface area contributed by atoms with Crippen molar-refractivity contribution >= 4 is 32.9 Å². The van der Waals surface area contributed by atoms with Crippen LogP contribution in [0.4, 0.5) is 10.1 Å². The van der Waals surface area contributed by atoms with Crippen molar-refractivity contribution in [2.45, 2.75) is 50.0 Å². The SMILES string of the molecule is C[SH]1(=O)CCN(c2ccc(-c3sc(-c4cncc(F)c4)nc3[C@@H]3CCCC[C@H]3C(=O)NC3(C#N)CC3)cc2)CC1. The molecule has 3 heterocycles. The van der Waals surface area contributed by atoms with Gasteiger partial charge in [0.15, 0.2) is 0 Å². The Hall–Kier alpha value is -3.16. The molecule has 1 N–H and O–H groups in total. The number of anilines is 1. The van der Waals surface area contributed by atoms with Gasteiger partial charge in [-0.05, 0) is 55.7 Å². The molecule has 0 unspecified atom stereocenters. The number of nitrogens with zero attached hydrogens (tertiary/aromatic N) is 4. The predicted octanol–water partition coefficient (Wildman–Crippen LogP) is 4.92. The molecule has 1 aromatic carbocycles. The van der Waals surface area contributed by atoms with E-state index in [-0.39, 0.29) is 17.7 Å².